The number of nitrogens with one attached hydrogen (secondary N) is 2. The van der Waals surface area contributed by atoms with Gasteiger partial charge in [-0.3, -0.25) is 4.79 Å². The molecule has 2 N–H and O–H groups in total. The number of carbonyl (C=O) groups is 1. The Balaban J connectivity index is 1.30. The first kappa shape index (κ1) is 23.8. The number of carbonyl (C=O) groups excluding carboxylic acids is 1. The molecule has 7 nitrogen and oxygen atoms in total. The van der Waals surface area contributed by atoms with Crippen LogP contribution in [0, 0.1) is 11.8 Å². The van der Waals surface area contributed by atoms with Crippen molar-refractivity contribution < 1.29 is 14.1 Å². The van der Waals surface area contributed by atoms with E-state index in [0.717, 1.165) is 54.4 Å². The predicted octanol–water partition coefficient (Wildman–Crippen LogP) is 3.79. The molecule has 1 aliphatic rings. The summed E-state index contributed by atoms with van der Waals surface area (Å²) < 4.78 is 11.0. The molecular formula is C27H34N4O3. The van der Waals surface area contributed by atoms with Gasteiger partial charge in [0, 0.05) is 37.3 Å². The minimum atomic E-state index is 0.0770. The van der Waals surface area contributed by atoms with Crippen LogP contribution in [-0.2, 0) is 24.3 Å². The zero-order valence-corrected chi connectivity index (χ0v) is 20.0. The van der Waals surface area contributed by atoms with Crippen LogP contribution in [0.1, 0.15) is 29.9 Å². The third kappa shape index (κ3) is 6.38. The summed E-state index contributed by atoms with van der Waals surface area (Å²) in [5.41, 5.74) is 3.07. The number of nitrogens with zero attached hydrogens (tertiary/aromatic N) is 2. The van der Waals surface area contributed by atoms with Crippen LogP contribution >= 0.6 is 0 Å². The summed E-state index contributed by atoms with van der Waals surface area (Å²) in [5.74, 6) is 2.37. The molecule has 2 atom stereocenters. The van der Waals surface area contributed by atoms with Crippen LogP contribution in [0.5, 0.6) is 5.75 Å². The fourth-order valence-corrected chi connectivity index (χ4v) is 4.64. The van der Waals surface area contributed by atoms with Gasteiger partial charge in [0.05, 0.1) is 19.3 Å². The Morgan fingerprint density at radius 2 is 1.97 bits per heavy atom. The fraction of sp³-hybridized carbons (Fsp3) is 0.407. The first-order valence-electron chi connectivity index (χ1n) is 11.9. The van der Waals surface area contributed by atoms with Gasteiger partial charge in [-0.25, -0.2) is 0 Å². The minimum Gasteiger partial charge on any atom is -0.496 e. The maximum Gasteiger partial charge on any atom is 0.220 e. The number of benzene rings is 2. The van der Waals surface area contributed by atoms with Crippen LogP contribution in [0.3, 0.4) is 0 Å². The van der Waals surface area contributed by atoms with Gasteiger partial charge in [0.2, 0.25) is 5.91 Å². The van der Waals surface area contributed by atoms with Crippen molar-refractivity contribution in [1.82, 2.24) is 15.8 Å². The highest BCUT2D eigenvalue weighted by atomic mass is 16.5. The number of hydrogen-bond donors (Lipinski definition) is 2. The average molecular weight is 463 g/mol. The van der Waals surface area contributed by atoms with Gasteiger partial charge in [-0.2, -0.15) is 0 Å². The van der Waals surface area contributed by atoms with Crippen LogP contribution in [0.4, 0.5) is 5.69 Å². The number of rotatable bonds is 10. The molecule has 7 heteroatoms. The molecular weight excluding hydrogens is 428 g/mol. The summed E-state index contributed by atoms with van der Waals surface area (Å²) in [6.45, 7) is 2.96. The van der Waals surface area contributed by atoms with Crippen molar-refractivity contribution in [3.8, 4) is 5.75 Å². The maximum atomic E-state index is 12.7. The lowest BCUT2D eigenvalue weighted by Gasteiger charge is -2.31. The van der Waals surface area contributed by atoms with E-state index in [0.29, 0.717) is 31.3 Å². The van der Waals surface area contributed by atoms with E-state index in [1.54, 1.807) is 7.11 Å². The molecule has 3 aromatic rings. The van der Waals surface area contributed by atoms with E-state index >= 15 is 0 Å². The predicted molar refractivity (Wildman–Crippen MR) is 133 cm³/mol. The lowest BCUT2D eigenvalue weighted by atomic mass is 9.81. The average Bonchev–Trinajstić information content (AvgIpc) is 3.31. The number of aromatic nitrogens is 1. The minimum absolute atomic E-state index is 0.0770. The van der Waals surface area contributed by atoms with Gasteiger partial charge in [0.1, 0.15) is 5.75 Å². The van der Waals surface area contributed by atoms with Gasteiger partial charge in [0.15, 0.2) is 5.76 Å². The Labute approximate surface area is 201 Å². The van der Waals surface area contributed by atoms with Crippen LogP contribution in [-0.4, -0.2) is 38.3 Å². The quantitative estimate of drug-likeness (QED) is 0.477. The van der Waals surface area contributed by atoms with Crippen molar-refractivity contribution in [2.24, 2.45) is 11.8 Å². The summed E-state index contributed by atoms with van der Waals surface area (Å²) in [6.07, 6.45) is 2.30. The van der Waals surface area contributed by atoms with Crippen molar-refractivity contribution in [3.05, 3.63) is 77.7 Å². The molecule has 4 rings (SSSR count). The SMILES string of the molecule is COc1ccccc1CNC(=O)CC1CCNCC1Cc1cc(CN(C)c2ccccc2)on1. The second-order valence-corrected chi connectivity index (χ2v) is 8.99. The molecule has 0 saturated carbocycles. The molecule has 1 fully saturated rings. The molecule has 2 aromatic carbocycles. The summed E-state index contributed by atoms with van der Waals surface area (Å²) in [4.78, 5) is 14.9. The number of anilines is 1. The smallest absolute Gasteiger partial charge is 0.220 e. The summed E-state index contributed by atoms with van der Waals surface area (Å²) >= 11 is 0. The van der Waals surface area contributed by atoms with Gasteiger partial charge < -0.3 is 24.8 Å². The fourth-order valence-electron chi connectivity index (χ4n) is 4.64. The van der Waals surface area contributed by atoms with E-state index in [1.165, 1.54) is 0 Å². The Kier molecular flexibility index (Phi) is 8.20. The van der Waals surface area contributed by atoms with Gasteiger partial charge in [-0.05, 0) is 56.0 Å². The number of amides is 1. The van der Waals surface area contributed by atoms with Gasteiger partial charge >= 0.3 is 0 Å². The standard InChI is InChI=1S/C27H34N4O3/c1-31(24-9-4-3-5-10-24)19-25-16-23(30-34-25)14-22-17-28-13-12-20(22)15-27(32)29-18-21-8-6-7-11-26(21)33-2/h3-11,16,20,22,28H,12-15,17-19H2,1-2H3,(H,29,32). The van der Waals surface area contributed by atoms with Crippen LogP contribution in [0.25, 0.3) is 0 Å². The Bertz CT molecular complexity index is 1050. The van der Waals surface area contributed by atoms with Crippen molar-refractivity contribution in [3.63, 3.8) is 0 Å². The molecule has 1 amide bonds. The molecule has 34 heavy (non-hydrogen) atoms. The Morgan fingerprint density at radius 3 is 2.79 bits per heavy atom. The first-order valence-corrected chi connectivity index (χ1v) is 11.9. The highest BCUT2D eigenvalue weighted by molar-refractivity contribution is 5.76. The van der Waals surface area contributed by atoms with Crippen LogP contribution < -0.4 is 20.3 Å². The lowest BCUT2D eigenvalue weighted by molar-refractivity contribution is -0.122. The molecule has 1 saturated heterocycles. The zero-order chi connectivity index (χ0) is 23.8. The monoisotopic (exact) mass is 462 g/mol. The number of hydrogen-bond acceptors (Lipinski definition) is 6. The molecule has 2 unspecified atom stereocenters. The van der Waals surface area contributed by atoms with E-state index in [2.05, 4.69) is 32.8 Å². The molecule has 0 aliphatic carbocycles. The number of ether oxygens (including phenoxy) is 1. The first-order chi connectivity index (χ1) is 16.6. The Morgan fingerprint density at radius 1 is 1.18 bits per heavy atom. The van der Waals surface area contributed by atoms with Crippen molar-refractivity contribution in [2.45, 2.75) is 32.4 Å². The molecule has 180 valence electrons. The third-order valence-corrected chi connectivity index (χ3v) is 6.55. The van der Waals surface area contributed by atoms with Gasteiger partial charge in [-0.15, -0.1) is 0 Å². The third-order valence-electron chi connectivity index (χ3n) is 6.55. The van der Waals surface area contributed by atoms with Gasteiger partial charge in [-0.1, -0.05) is 41.6 Å². The molecule has 2 heterocycles. The molecule has 1 aliphatic heterocycles. The number of methoxy groups -OCH3 is 1. The molecule has 0 bridgehead atoms. The highest BCUT2D eigenvalue weighted by Crippen LogP contribution is 2.27. The lowest BCUT2D eigenvalue weighted by Crippen LogP contribution is -2.40. The normalized spacial score (nSPS) is 17.8. The van der Waals surface area contributed by atoms with Gasteiger partial charge in [0.25, 0.3) is 0 Å². The van der Waals surface area contributed by atoms with E-state index in [9.17, 15) is 4.79 Å². The highest BCUT2D eigenvalue weighted by Gasteiger charge is 2.28. The molecule has 0 radical (unpaired) electrons. The summed E-state index contributed by atoms with van der Waals surface area (Å²) in [7, 11) is 3.69. The second-order valence-electron chi connectivity index (χ2n) is 8.99. The Hall–Kier alpha value is -3.32. The van der Waals surface area contributed by atoms with E-state index in [4.69, 9.17) is 9.26 Å². The topological polar surface area (TPSA) is 79.6 Å². The number of piperidine rings is 1. The largest absolute Gasteiger partial charge is 0.496 e. The van der Waals surface area contributed by atoms with Crippen molar-refractivity contribution in [1.29, 1.82) is 0 Å². The zero-order valence-electron chi connectivity index (χ0n) is 20.0. The van der Waals surface area contributed by atoms with E-state index in [-0.39, 0.29) is 5.91 Å². The van der Waals surface area contributed by atoms with Crippen molar-refractivity contribution >= 4 is 11.6 Å². The second kappa shape index (κ2) is 11.7. The molecule has 1 aromatic heterocycles. The van der Waals surface area contributed by atoms with Crippen LogP contribution in [0.15, 0.2) is 65.2 Å². The van der Waals surface area contributed by atoms with E-state index < -0.39 is 0 Å². The molecule has 0 spiro atoms. The summed E-state index contributed by atoms with van der Waals surface area (Å²) in [5, 5.41) is 10.9. The maximum absolute atomic E-state index is 12.7. The number of para-hydroxylation sites is 2. The van der Waals surface area contributed by atoms with Crippen molar-refractivity contribution in [2.75, 3.05) is 32.1 Å². The van der Waals surface area contributed by atoms with Crippen LogP contribution in [0.2, 0.25) is 0 Å². The summed E-state index contributed by atoms with van der Waals surface area (Å²) in [6, 6.07) is 20.0. The van der Waals surface area contributed by atoms with E-state index in [1.807, 2.05) is 55.6 Å².